The van der Waals surface area contributed by atoms with Gasteiger partial charge >= 0.3 is 0 Å². The van der Waals surface area contributed by atoms with Crippen LogP contribution >= 0.6 is 0 Å². The third-order valence-electron chi connectivity index (χ3n) is 3.22. The van der Waals surface area contributed by atoms with Crippen LogP contribution in [-0.2, 0) is 12.0 Å². The van der Waals surface area contributed by atoms with Crippen LogP contribution in [0.15, 0.2) is 10.5 Å². The molecule has 0 spiro atoms. The Balaban J connectivity index is 2.33. The molecule has 3 N–H and O–H groups in total. The molecule has 2 rings (SSSR count). The standard InChI is InChI=1S/C12H19NO2/c1-8(2)11-7-9-10(15-11)3-4-12(9,14)5-6-13/h7-8,14H,3-6,13H2,1-2H3. The van der Waals surface area contributed by atoms with Gasteiger partial charge in [-0.1, -0.05) is 13.8 Å². The van der Waals surface area contributed by atoms with Crippen molar-refractivity contribution in [3.8, 4) is 0 Å². The van der Waals surface area contributed by atoms with E-state index in [1.807, 2.05) is 6.07 Å². The molecule has 0 bridgehead atoms. The molecular formula is C12H19NO2. The fourth-order valence-electron chi connectivity index (χ4n) is 2.27. The summed E-state index contributed by atoms with van der Waals surface area (Å²) in [4.78, 5) is 0. The molecule has 15 heavy (non-hydrogen) atoms. The van der Waals surface area contributed by atoms with Crippen molar-refractivity contribution in [2.75, 3.05) is 6.54 Å². The van der Waals surface area contributed by atoms with E-state index in [0.29, 0.717) is 18.9 Å². The van der Waals surface area contributed by atoms with Crippen LogP contribution in [0.5, 0.6) is 0 Å². The highest BCUT2D eigenvalue weighted by Crippen LogP contribution is 2.41. The van der Waals surface area contributed by atoms with Gasteiger partial charge in [-0.05, 0) is 25.5 Å². The van der Waals surface area contributed by atoms with Crippen molar-refractivity contribution in [2.45, 2.75) is 44.6 Å². The molecule has 1 aromatic heterocycles. The van der Waals surface area contributed by atoms with Gasteiger partial charge in [0.25, 0.3) is 0 Å². The third-order valence-corrected chi connectivity index (χ3v) is 3.22. The first-order valence-corrected chi connectivity index (χ1v) is 5.62. The van der Waals surface area contributed by atoms with Crippen LogP contribution in [0.25, 0.3) is 0 Å². The van der Waals surface area contributed by atoms with Gasteiger partial charge in [0.1, 0.15) is 11.5 Å². The number of rotatable bonds is 3. The molecule has 1 unspecified atom stereocenters. The fraction of sp³-hybridized carbons (Fsp3) is 0.667. The molecule has 0 amide bonds. The van der Waals surface area contributed by atoms with E-state index in [0.717, 1.165) is 29.9 Å². The van der Waals surface area contributed by atoms with E-state index in [9.17, 15) is 5.11 Å². The van der Waals surface area contributed by atoms with Gasteiger partial charge < -0.3 is 15.3 Å². The van der Waals surface area contributed by atoms with Gasteiger partial charge in [0.2, 0.25) is 0 Å². The Morgan fingerprint density at radius 1 is 1.60 bits per heavy atom. The molecule has 0 aliphatic heterocycles. The number of furan rings is 1. The minimum Gasteiger partial charge on any atom is -0.465 e. The van der Waals surface area contributed by atoms with Crippen molar-refractivity contribution in [1.82, 2.24) is 0 Å². The van der Waals surface area contributed by atoms with Gasteiger partial charge in [0.05, 0.1) is 5.60 Å². The summed E-state index contributed by atoms with van der Waals surface area (Å²) < 4.78 is 5.73. The summed E-state index contributed by atoms with van der Waals surface area (Å²) in [5.41, 5.74) is 5.76. The average molecular weight is 209 g/mol. The smallest absolute Gasteiger partial charge is 0.110 e. The predicted molar refractivity (Wildman–Crippen MR) is 58.7 cm³/mol. The summed E-state index contributed by atoms with van der Waals surface area (Å²) in [6.45, 7) is 4.70. The topological polar surface area (TPSA) is 59.4 Å². The molecule has 1 atom stereocenters. The molecule has 0 radical (unpaired) electrons. The molecule has 3 heteroatoms. The maximum Gasteiger partial charge on any atom is 0.110 e. The molecule has 1 heterocycles. The molecule has 0 saturated heterocycles. The second kappa shape index (κ2) is 3.65. The van der Waals surface area contributed by atoms with Gasteiger partial charge in [0, 0.05) is 17.9 Å². The average Bonchev–Trinajstić information content (AvgIpc) is 2.69. The summed E-state index contributed by atoms with van der Waals surface area (Å²) in [6.07, 6.45) is 2.20. The summed E-state index contributed by atoms with van der Waals surface area (Å²) in [5.74, 6) is 2.29. The molecule has 3 nitrogen and oxygen atoms in total. The van der Waals surface area contributed by atoms with Gasteiger partial charge in [-0.3, -0.25) is 0 Å². The zero-order valence-corrected chi connectivity index (χ0v) is 9.42. The third kappa shape index (κ3) is 1.70. The SMILES string of the molecule is CC(C)c1cc2c(o1)CCC2(O)CCN. The van der Waals surface area contributed by atoms with Gasteiger partial charge in [-0.25, -0.2) is 0 Å². The van der Waals surface area contributed by atoms with Crippen molar-refractivity contribution in [3.05, 3.63) is 23.2 Å². The number of hydrogen-bond donors (Lipinski definition) is 2. The number of fused-ring (bicyclic) bond motifs is 1. The van der Waals surface area contributed by atoms with Gasteiger partial charge in [-0.15, -0.1) is 0 Å². The molecule has 1 aliphatic rings. The van der Waals surface area contributed by atoms with E-state index >= 15 is 0 Å². The first-order valence-electron chi connectivity index (χ1n) is 5.62. The highest BCUT2D eigenvalue weighted by molar-refractivity contribution is 5.34. The molecule has 0 saturated carbocycles. The highest BCUT2D eigenvalue weighted by Gasteiger charge is 2.39. The normalized spacial score (nSPS) is 24.9. The minimum atomic E-state index is -0.735. The summed E-state index contributed by atoms with van der Waals surface area (Å²) in [7, 11) is 0. The zero-order valence-electron chi connectivity index (χ0n) is 9.42. The van der Waals surface area contributed by atoms with Crippen LogP contribution in [0.3, 0.4) is 0 Å². The molecule has 0 fully saturated rings. The Labute approximate surface area is 90.3 Å². The lowest BCUT2D eigenvalue weighted by Gasteiger charge is -2.21. The lowest BCUT2D eigenvalue weighted by Crippen LogP contribution is -2.25. The van der Waals surface area contributed by atoms with E-state index in [1.165, 1.54) is 0 Å². The first-order chi connectivity index (χ1) is 7.07. The first kappa shape index (κ1) is 10.7. The Morgan fingerprint density at radius 2 is 2.33 bits per heavy atom. The van der Waals surface area contributed by atoms with Gasteiger partial charge in [-0.2, -0.15) is 0 Å². The van der Waals surface area contributed by atoms with Crippen LogP contribution in [0.1, 0.15) is 49.7 Å². The Bertz CT molecular complexity index is 357. The van der Waals surface area contributed by atoms with Crippen molar-refractivity contribution in [3.63, 3.8) is 0 Å². The second-order valence-corrected chi connectivity index (χ2v) is 4.71. The zero-order chi connectivity index (χ0) is 11.1. The highest BCUT2D eigenvalue weighted by atomic mass is 16.3. The van der Waals surface area contributed by atoms with Crippen molar-refractivity contribution in [2.24, 2.45) is 5.73 Å². The maximum absolute atomic E-state index is 10.4. The van der Waals surface area contributed by atoms with Crippen molar-refractivity contribution in [1.29, 1.82) is 0 Å². The fourth-order valence-corrected chi connectivity index (χ4v) is 2.27. The predicted octanol–water partition coefficient (Wildman–Crippen LogP) is 1.89. The minimum absolute atomic E-state index is 0.373. The van der Waals surface area contributed by atoms with E-state index in [2.05, 4.69) is 13.8 Å². The van der Waals surface area contributed by atoms with Gasteiger partial charge in [0.15, 0.2) is 0 Å². The molecule has 0 aromatic carbocycles. The maximum atomic E-state index is 10.4. The van der Waals surface area contributed by atoms with Crippen molar-refractivity contribution < 1.29 is 9.52 Å². The molecule has 1 aromatic rings. The van der Waals surface area contributed by atoms with E-state index in [1.54, 1.807) is 0 Å². The summed E-state index contributed by atoms with van der Waals surface area (Å²) in [5, 5.41) is 10.4. The number of aryl methyl sites for hydroxylation is 1. The van der Waals surface area contributed by atoms with Crippen LogP contribution in [-0.4, -0.2) is 11.7 Å². The second-order valence-electron chi connectivity index (χ2n) is 4.71. The number of nitrogens with two attached hydrogens (primary N) is 1. The summed E-state index contributed by atoms with van der Waals surface area (Å²) >= 11 is 0. The molecule has 84 valence electrons. The Morgan fingerprint density at radius 3 is 2.93 bits per heavy atom. The van der Waals surface area contributed by atoms with E-state index < -0.39 is 5.60 Å². The monoisotopic (exact) mass is 209 g/mol. The van der Waals surface area contributed by atoms with Crippen LogP contribution in [0.4, 0.5) is 0 Å². The summed E-state index contributed by atoms with van der Waals surface area (Å²) in [6, 6.07) is 2.00. The van der Waals surface area contributed by atoms with Crippen LogP contribution in [0, 0.1) is 0 Å². The van der Waals surface area contributed by atoms with Crippen LogP contribution in [0.2, 0.25) is 0 Å². The lowest BCUT2D eigenvalue weighted by atomic mass is 9.93. The Kier molecular flexibility index (Phi) is 2.61. The van der Waals surface area contributed by atoms with Crippen molar-refractivity contribution >= 4 is 0 Å². The lowest BCUT2D eigenvalue weighted by molar-refractivity contribution is 0.0320. The largest absolute Gasteiger partial charge is 0.465 e. The van der Waals surface area contributed by atoms with E-state index in [-0.39, 0.29) is 0 Å². The number of aliphatic hydroxyl groups is 1. The van der Waals surface area contributed by atoms with Crippen LogP contribution < -0.4 is 5.73 Å². The number of hydrogen-bond acceptors (Lipinski definition) is 3. The Hall–Kier alpha value is -0.800. The quantitative estimate of drug-likeness (QED) is 0.799. The molecular weight excluding hydrogens is 190 g/mol. The van der Waals surface area contributed by atoms with E-state index in [4.69, 9.17) is 10.2 Å². The molecule has 1 aliphatic carbocycles.